The Hall–Kier alpha value is -2.57. The molecule has 3 N–H and O–H groups in total. The normalized spacial score (nSPS) is 17.0. The Bertz CT molecular complexity index is 1210. The van der Waals surface area contributed by atoms with Gasteiger partial charge in [-0.25, -0.2) is 4.79 Å². The van der Waals surface area contributed by atoms with Crippen molar-refractivity contribution in [2.24, 2.45) is 5.92 Å². The number of hydrogen-bond acceptors (Lipinski definition) is 9. The second-order valence-corrected chi connectivity index (χ2v) is 16.0. The maximum Gasteiger partial charge on any atom is 0.326 e. The summed E-state index contributed by atoms with van der Waals surface area (Å²) in [5, 5.41) is 24.7. The second-order valence-electron chi connectivity index (χ2n) is 16.0. The minimum Gasteiger partial charge on any atom is -0.494 e. The van der Waals surface area contributed by atoms with Crippen LogP contribution < -0.4 is 10.1 Å². The number of Topliss-reactive ketones (excluding diaryl/α,β-unsaturated/α-hetero) is 1. The monoisotopic (exact) mass is 764 g/mol. The van der Waals surface area contributed by atoms with Crippen LogP contribution in [0.4, 0.5) is 0 Å². The van der Waals surface area contributed by atoms with Crippen molar-refractivity contribution in [2.75, 3.05) is 33.5 Å². The summed E-state index contributed by atoms with van der Waals surface area (Å²) in [6.45, 7) is 13.3. The average molecular weight is 764 g/mol. The topological polar surface area (TPSA) is 150 Å². The lowest BCUT2D eigenvalue weighted by atomic mass is 9.77. The molecule has 1 amide bonds. The number of aliphatic carboxylic acids is 1. The number of aliphatic hydroxyl groups is 1. The molecular weight excluding hydrogens is 690 g/mol. The summed E-state index contributed by atoms with van der Waals surface area (Å²) in [6, 6.07) is 5.83. The summed E-state index contributed by atoms with van der Waals surface area (Å²) in [7, 11) is 1.46. The molecule has 0 spiro atoms. The van der Waals surface area contributed by atoms with Gasteiger partial charge < -0.3 is 39.2 Å². The van der Waals surface area contributed by atoms with E-state index in [1.54, 1.807) is 24.3 Å². The summed E-state index contributed by atoms with van der Waals surface area (Å²) in [4.78, 5) is 39.7. The smallest absolute Gasteiger partial charge is 0.326 e. The third-order valence-electron chi connectivity index (χ3n) is 10.3. The van der Waals surface area contributed by atoms with Gasteiger partial charge in [0.25, 0.3) is 0 Å². The molecule has 1 aliphatic rings. The van der Waals surface area contributed by atoms with Crippen LogP contribution in [-0.4, -0.2) is 90.5 Å². The number of ether oxygens (including phenoxy) is 5. The zero-order valence-corrected chi connectivity index (χ0v) is 34.6. The molecule has 1 aromatic rings. The molecule has 1 aliphatic heterocycles. The summed E-state index contributed by atoms with van der Waals surface area (Å²) in [5.74, 6) is -3.58. The number of nitrogens with one attached hydrogen (secondary N) is 1. The van der Waals surface area contributed by atoms with Gasteiger partial charge in [0, 0.05) is 39.4 Å². The van der Waals surface area contributed by atoms with Crippen LogP contribution in [0.15, 0.2) is 24.3 Å². The van der Waals surface area contributed by atoms with Crippen molar-refractivity contribution in [3.63, 3.8) is 0 Å². The first-order valence-corrected chi connectivity index (χ1v) is 20.6. The van der Waals surface area contributed by atoms with E-state index in [0.717, 1.165) is 57.8 Å². The molecule has 2 unspecified atom stereocenters. The molecule has 0 saturated carbocycles. The number of carboxylic acids is 1. The van der Waals surface area contributed by atoms with E-state index in [9.17, 15) is 24.6 Å². The summed E-state index contributed by atoms with van der Waals surface area (Å²) in [5.41, 5.74) is -1.96. The number of rotatable bonds is 30. The maximum atomic E-state index is 14.1. The molecule has 11 nitrogen and oxygen atoms in total. The highest BCUT2D eigenvalue weighted by Gasteiger charge is 2.47. The molecule has 0 aromatic heterocycles. The van der Waals surface area contributed by atoms with Crippen LogP contribution in [0.2, 0.25) is 0 Å². The van der Waals surface area contributed by atoms with Gasteiger partial charge >= 0.3 is 5.97 Å². The molecule has 2 rings (SSSR count). The number of benzene rings is 1. The van der Waals surface area contributed by atoms with Gasteiger partial charge in [-0.3, -0.25) is 9.59 Å². The van der Waals surface area contributed by atoms with Crippen molar-refractivity contribution in [3.8, 4) is 5.75 Å². The standard InChI is InChI=1S/C43H73NO10/c1-8-10-12-14-17-24-42(52-29-30-53-42)25-18-15-13-16-19-36(54-41(4,5)6)32-37(43(49,33(3)45)26-28-50-7)39(46)44-38(40(47)48)31-34-20-22-35(23-21-34)51-27-11-9-2/h20-23,36-38,49H,8-19,24-32H2,1-7H3,(H,44,46)(H,47,48)/t36?,37-,38?,43-/m1/s1. The SMILES string of the molecule is CCCCCCCC1(CCCCCCC(C[C@H](C(=O)NC(Cc2ccc(OCCCC)cc2)C(=O)O)[C@@](O)(CCOC)C(C)=O)OC(C)(C)C)OCCO1. The van der Waals surface area contributed by atoms with Gasteiger partial charge in [-0.05, 0) is 77.5 Å². The van der Waals surface area contributed by atoms with E-state index in [1.807, 2.05) is 20.8 Å². The van der Waals surface area contributed by atoms with Crippen molar-refractivity contribution < 1.29 is 48.3 Å². The van der Waals surface area contributed by atoms with Crippen molar-refractivity contribution in [1.82, 2.24) is 5.32 Å². The summed E-state index contributed by atoms with van der Waals surface area (Å²) in [6.07, 6.45) is 13.5. The van der Waals surface area contributed by atoms with Crippen LogP contribution in [0, 0.1) is 5.92 Å². The molecular formula is C43H73NO10. The van der Waals surface area contributed by atoms with Crippen molar-refractivity contribution in [1.29, 1.82) is 0 Å². The number of amides is 1. The van der Waals surface area contributed by atoms with E-state index < -0.39 is 52.7 Å². The lowest BCUT2D eigenvalue weighted by Crippen LogP contribution is -2.56. The average Bonchev–Trinajstić information content (AvgIpc) is 3.59. The van der Waals surface area contributed by atoms with Crippen LogP contribution in [0.1, 0.15) is 150 Å². The van der Waals surface area contributed by atoms with Gasteiger partial charge in [-0.15, -0.1) is 0 Å². The number of unbranched alkanes of at least 4 members (excludes halogenated alkanes) is 8. The molecule has 1 saturated heterocycles. The Morgan fingerprint density at radius 1 is 0.870 bits per heavy atom. The molecule has 11 heteroatoms. The van der Waals surface area contributed by atoms with E-state index in [1.165, 1.54) is 39.7 Å². The second kappa shape index (κ2) is 24.8. The summed E-state index contributed by atoms with van der Waals surface area (Å²) >= 11 is 0. The zero-order chi connectivity index (χ0) is 40.0. The fourth-order valence-corrected chi connectivity index (χ4v) is 7.15. The Balaban J connectivity index is 2.15. The van der Waals surface area contributed by atoms with Crippen LogP contribution in [0.3, 0.4) is 0 Å². The van der Waals surface area contributed by atoms with Crippen LogP contribution in [0.5, 0.6) is 5.75 Å². The van der Waals surface area contributed by atoms with Gasteiger partial charge in [0.05, 0.1) is 37.4 Å². The first-order valence-electron chi connectivity index (χ1n) is 20.6. The first-order chi connectivity index (χ1) is 25.7. The van der Waals surface area contributed by atoms with Gasteiger partial charge in [-0.1, -0.05) is 77.3 Å². The van der Waals surface area contributed by atoms with Crippen molar-refractivity contribution in [2.45, 2.75) is 180 Å². The molecule has 1 fully saturated rings. The van der Waals surface area contributed by atoms with Gasteiger partial charge in [0.2, 0.25) is 5.91 Å². The number of ketones is 1. The van der Waals surface area contributed by atoms with Crippen LogP contribution in [-0.2, 0) is 39.8 Å². The highest BCUT2D eigenvalue weighted by atomic mass is 16.7. The first kappa shape index (κ1) is 47.6. The predicted octanol–water partition coefficient (Wildman–Crippen LogP) is 7.97. The van der Waals surface area contributed by atoms with Crippen molar-refractivity contribution in [3.05, 3.63) is 29.8 Å². The number of methoxy groups -OCH3 is 1. The Morgan fingerprint density at radius 3 is 2.00 bits per heavy atom. The highest BCUT2D eigenvalue weighted by molar-refractivity contribution is 5.94. The summed E-state index contributed by atoms with van der Waals surface area (Å²) < 4.78 is 29.6. The zero-order valence-electron chi connectivity index (χ0n) is 34.6. The molecule has 0 bridgehead atoms. The fourth-order valence-electron chi connectivity index (χ4n) is 7.15. The third kappa shape index (κ3) is 17.5. The Kier molecular flexibility index (Phi) is 21.9. The lowest BCUT2D eigenvalue weighted by molar-refractivity contribution is -0.168. The molecule has 4 atom stereocenters. The van der Waals surface area contributed by atoms with E-state index in [2.05, 4.69) is 19.2 Å². The molecule has 0 aliphatic carbocycles. The third-order valence-corrected chi connectivity index (χ3v) is 10.3. The maximum absolute atomic E-state index is 14.1. The predicted molar refractivity (Wildman–Crippen MR) is 211 cm³/mol. The van der Waals surface area contributed by atoms with Gasteiger partial charge in [-0.2, -0.15) is 0 Å². The minimum atomic E-state index is -2.09. The van der Waals surface area contributed by atoms with Crippen LogP contribution in [0.25, 0.3) is 0 Å². The van der Waals surface area contributed by atoms with E-state index in [4.69, 9.17) is 23.7 Å². The van der Waals surface area contributed by atoms with E-state index in [0.29, 0.717) is 37.6 Å². The number of carboxylic acid groups (broad SMARTS) is 1. The number of hydrogen-bond donors (Lipinski definition) is 3. The molecule has 310 valence electrons. The van der Waals surface area contributed by atoms with E-state index >= 15 is 0 Å². The highest BCUT2D eigenvalue weighted by Crippen LogP contribution is 2.34. The van der Waals surface area contributed by atoms with Gasteiger partial charge in [0.15, 0.2) is 11.6 Å². The minimum absolute atomic E-state index is 0.0117. The Labute approximate surface area is 325 Å². The number of carbonyl (C=O) groups is 3. The molecule has 54 heavy (non-hydrogen) atoms. The lowest BCUT2D eigenvalue weighted by Gasteiger charge is -2.37. The molecule has 1 heterocycles. The quantitative estimate of drug-likeness (QED) is 0.0659. The van der Waals surface area contributed by atoms with Crippen molar-refractivity contribution >= 4 is 17.7 Å². The van der Waals surface area contributed by atoms with E-state index in [-0.39, 0.29) is 25.9 Å². The fraction of sp³-hybridized carbons (Fsp3) is 0.791. The molecule has 1 aromatic carbocycles. The number of carbonyl (C=O) groups excluding carboxylic acids is 2. The largest absolute Gasteiger partial charge is 0.494 e. The van der Waals surface area contributed by atoms with Gasteiger partial charge in [0.1, 0.15) is 17.4 Å². The molecule has 0 radical (unpaired) electrons. The van der Waals surface area contributed by atoms with Crippen LogP contribution >= 0.6 is 0 Å². The Morgan fingerprint density at radius 2 is 1.46 bits per heavy atom.